The van der Waals surface area contributed by atoms with E-state index < -0.39 is 46.2 Å². The first-order valence-electron chi connectivity index (χ1n) is 13.3. The smallest absolute Gasteiger partial charge is 0.406 e. The molecule has 0 radical (unpaired) electrons. The highest BCUT2D eigenvalue weighted by Crippen LogP contribution is 2.28. The third kappa shape index (κ3) is 7.89. The van der Waals surface area contributed by atoms with Crippen molar-refractivity contribution in [1.29, 1.82) is 0 Å². The lowest BCUT2D eigenvalue weighted by atomic mass is 10.1. The third-order valence-corrected chi connectivity index (χ3v) is 8.58. The fraction of sp³-hybridized carbons (Fsp3) is 0.296. The average Bonchev–Trinajstić information content (AvgIpc) is 2.98. The molecule has 0 aliphatic carbocycles. The number of carbonyl (C=O) groups is 1. The van der Waals surface area contributed by atoms with Crippen molar-refractivity contribution >= 4 is 32.9 Å². The van der Waals surface area contributed by atoms with Gasteiger partial charge in [-0.05, 0) is 48.9 Å². The lowest BCUT2D eigenvalue weighted by Crippen LogP contribution is -2.60. The number of hydrogen-bond donors (Lipinski definition) is 1. The number of fused-ring (bicyclic) bond motifs is 1. The predicted molar refractivity (Wildman–Crippen MR) is 148 cm³/mol. The standard InChI is InChI=1S/C27H23F6N7O5S/c1-16-34-13-21-24(37-16)38-23(14-35-21)39-10-11-40(46(42,43)20-8-6-19(7-9-20)45-27(31,32)33)22(15-39)25(41)36-12-17-2-4-18(5-3-17)44-26(28,29)30/h2-9,13-14,22H,10-12,15H2,1H3,(H,36,41)/t22-/m1/s1. The van der Waals surface area contributed by atoms with E-state index in [1.54, 1.807) is 11.8 Å². The van der Waals surface area contributed by atoms with Gasteiger partial charge in [0.1, 0.15) is 34.7 Å². The second-order valence-corrected chi connectivity index (χ2v) is 11.8. The number of benzene rings is 2. The maximum absolute atomic E-state index is 13.7. The molecule has 1 N–H and O–H groups in total. The first-order chi connectivity index (χ1) is 21.6. The SMILES string of the molecule is Cc1ncc2ncc(N3CCN(S(=O)(=O)c4ccc(OC(F)(F)F)cc4)[C@@H](C(=O)NCc4ccc(OC(F)(F)F)cc4)C3)nc2n1. The van der Waals surface area contributed by atoms with Crippen molar-refractivity contribution in [2.24, 2.45) is 0 Å². The van der Waals surface area contributed by atoms with E-state index in [1.165, 1.54) is 24.5 Å². The molecule has 1 amide bonds. The Morgan fingerprint density at radius 3 is 2.11 bits per heavy atom. The van der Waals surface area contributed by atoms with Crippen LogP contribution < -0.4 is 19.7 Å². The van der Waals surface area contributed by atoms with E-state index in [2.05, 4.69) is 34.7 Å². The number of aryl methyl sites for hydroxylation is 1. The lowest BCUT2D eigenvalue weighted by Gasteiger charge is -2.40. The summed E-state index contributed by atoms with van der Waals surface area (Å²) < 4.78 is 111. The van der Waals surface area contributed by atoms with Crippen LogP contribution in [-0.4, -0.2) is 77.0 Å². The van der Waals surface area contributed by atoms with Crippen molar-refractivity contribution in [3.63, 3.8) is 0 Å². The van der Waals surface area contributed by atoms with E-state index in [0.717, 1.165) is 40.7 Å². The van der Waals surface area contributed by atoms with Crippen LogP contribution in [0.15, 0.2) is 65.8 Å². The van der Waals surface area contributed by atoms with E-state index in [1.807, 2.05) is 0 Å². The molecule has 12 nitrogen and oxygen atoms in total. The minimum absolute atomic E-state index is 0.0587. The Bertz CT molecular complexity index is 1820. The number of nitrogens with zero attached hydrogens (tertiary/aromatic N) is 6. The van der Waals surface area contributed by atoms with Crippen LogP contribution in [0.2, 0.25) is 0 Å². The number of anilines is 1. The average molecular weight is 672 g/mol. The number of sulfonamides is 1. The molecule has 5 rings (SSSR count). The van der Waals surface area contributed by atoms with Gasteiger partial charge >= 0.3 is 12.7 Å². The Kier molecular flexibility index (Phi) is 8.89. The molecule has 2 aromatic heterocycles. The van der Waals surface area contributed by atoms with Crippen LogP contribution in [0.5, 0.6) is 11.5 Å². The highest BCUT2D eigenvalue weighted by molar-refractivity contribution is 7.89. The Balaban J connectivity index is 1.39. The number of rotatable bonds is 8. The molecule has 1 atom stereocenters. The molecule has 3 heterocycles. The van der Waals surface area contributed by atoms with Crippen molar-refractivity contribution in [3.05, 3.63) is 72.3 Å². The quantitative estimate of drug-likeness (QED) is 0.276. The van der Waals surface area contributed by atoms with Crippen LogP contribution >= 0.6 is 0 Å². The molecule has 0 saturated carbocycles. The summed E-state index contributed by atoms with van der Waals surface area (Å²) in [6.45, 7) is 1.11. The second kappa shape index (κ2) is 12.5. The topological polar surface area (TPSA) is 140 Å². The first-order valence-corrected chi connectivity index (χ1v) is 14.7. The molecule has 1 aliphatic rings. The summed E-state index contributed by atoms with van der Waals surface area (Å²) in [5.74, 6) is -1.11. The van der Waals surface area contributed by atoms with Crippen molar-refractivity contribution in [1.82, 2.24) is 29.6 Å². The Labute approximate surface area is 257 Å². The Hall–Kier alpha value is -4.78. The first kappa shape index (κ1) is 32.6. The maximum atomic E-state index is 13.7. The van der Waals surface area contributed by atoms with Gasteiger partial charge in [0, 0.05) is 26.2 Å². The van der Waals surface area contributed by atoms with Crippen molar-refractivity contribution < 1.29 is 49.0 Å². The van der Waals surface area contributed by atoms with Gasteiger partial charge in [0.05, 0.1) is 17.3 Å². The van der Waals surface area contributed by atoms with E-state index in [9.17, 15) is 39.6 Å². The zero-order valence-electron chi connectivity index (χ0n) is 23.6. The largest absolute Gasteiger partial charge is 0.573 e. The van der Waals surface area contributed by atoms with E-state index in [0.29, 0.717) is 22.7 Å². The van der Waals surface area contributed by atoms with Gasteiger partial charge in [0.25, 0.3) is 0 Å². The number of nitrogens with one attached hydrogen (secondary N) is 1. The lowest BCUT2D eigenvalue weighted by molar-refractivity contribution is -0.275. The summed E-state index contributed by atoms with van der Waals surface area (Å²) in [4.78, 5) is 31.9. The molecule has 1 saturated heterocycles. The molecular weight excluding hydrogens is 648 g/mol. The summed E-state index contributed by atoms with van der Waals surface area (Å²) in [6.07, 6.45) is -6.96. The van der Waals surface area contributed by atoms with E-state index in [4.69, 9.17) is 0 Å². The molecule has 244 valence electrons. The summed E-state index contributed by atoms with van der Waals surface area (Å²) in [5.41, 5.74) is 1.08. The Morgan fingerprint density at radius 1 is 0.891 bits per heavy atom. The second-order valence-electron chi connectivity index (χ2n) is 9.86. The van der Waals surface area contributed by atoms with Crippen LogP contribution in [0.3, 0.4) is 0 Å². The third-order valence-electron chi connectivity index (χ3n) is 6.66. The molecule has 1 fully saturated rings. The zero-order chi connectivity index (χ0) is 33.3. The molecule has 0 bridgehead atoms. The highest BCUT2D eigenvalue weighted by atomic mass is 32.2. The molecule has 1 aliphatic heterocycles. The number of alkyl halides is 6. The predicted octanol–water partition coefficient (Wildman–Crippen LogP) is 3.72. The van der Waals surface area contributed by atoms with Crippen LogP contribution in [-0.2, 0) is 21.4 Å². The molecule has 2 aromatic carbocycles. The van der Waals surface area contributed by atoms with E-state index >= 15 is 0 Å². The molecule has 4 aromatic rings. The van der Waals surface area contributed by atoms with Crippen LogP contribution in [0, 0.1) is 6.92 Å². The minimum atomic E-state index is -4.98. The van der Waals surface area contributed by atoms with Gasteiger partial charge in [0.15, 0.2) is 5.65 Å². The van der Waals surface area contributed by atoms with Gasteiger partial charge in [0.2, 0.25) is 15.9 Å². The molecule has 0 unspecified atom stereocenters. The number of ether oxygens (including phenoxy) is 2. The zero-order valence-corrected chi connectivity index (χ0v) is 24.4. The number of carbonyl (C=O) groups excluding carboxylic acids is 1. The number of aromatic nitrogens is 4. The normalized spacial score (nSPS) is 16.3. The fourth-order valence-electron chi connectivity index (χ4n) is 4.58. The van der Waals surface area contributed by atoms with Gasteiger partial charge in [-0.3, -0.25) is 4.79 Å². The van der Waals surface area contributed by atoms with Gasteiger partial charge < -0.3 is 19.7 Å². The maximum Gasteiger partial charge on any atom is 0.573 e. The summed E-state index contributed by atoms with van der Waals surface area (Å²) in [5, 5.41) is 2.60. The van der Waals surface area contributed by atoms with Crippen LogP contribution in [0.4, 0.5) is 32.2 Å². The van der Waals surface area contributed by atoms with Gasteiger partial charge in [-0.1, -0.05) is 12.1 Å². The van der Waals surface area contributed by atoms with Gasteiger partial charge in [-0.25, -0.2) is 28.4 Å². The number of hydrogen-bond acceptors (Lipinski definition) is 10. The molecule has 19 heteroatoms. The van der Waals surface area contributed by atoms with Crippen molar-refractivity contribution in [2.75, 3.05) is 24.5 Å². The molecule has 0 spiro atoms. The van der Waals surface area contributed by atoms with E-state index in [-0.39, 0.29) is 36.7 Å². The number of halogens is 6. The monoisotopic (exact) mass is 671 g/mol. The molecule has 46 heavy (non-hydrogen) atoms. The molecular formula is C27H23F6N7O5S. The fourth-order valence-corrected chi connectivity index (χ4v) is 6.15. The van der Waals surface area contributed by atoms with Crippen LogP contribution in [0.25, 0.3) is 11.2 Å². The summed E-state index contributed by atoms with van der Waals surface area (Å²) >= 11 is 0. The van der Waals surface area contributed by atoms with Gasteiger partial charge in [-0.15, -0.1) is 26.3 Å². The van der Waals surface area contributed by atoms with Crippen molar-refractivity contribution in [2.45, 2.75) is 37.1 Å². The highest BCUT2D eigenvalue weighted by Gasteiger charge is 2.41. The number of piperazine rings is 1. The minimum Gasteiger partial charge on any atom is -0.406 e. The summed E-state index contributed by atoms with van der Waals surface area (Å²) in [6, 6.07) is 6.87. The Morgan fingerprint density at radius 2 is 1.50 bits per heavy atom. The van der Waals surface area contributed by atoms with Crippen LogP contribution in [0.1, 0.15) is 11.4 Å². The number of amides is 1. The summed E-state index contributed by atoms with van der Waals surface area (Å²) in [7, 11) is -4.44. The van der Waals surface area contributed by atoms with Crippen molar-refractivity contribution in [3.8, 4) is 11.5 Å². The van der Waals surface area contributed by atoms with Gasteiger partial charge in [-0.2, -0.15) is 4.31 Å².